The quantitative estimate of drug-likeness (QED) is 0.275. The Morgan fingerprint density at radius 2 is 1.79 bits per heavy atom. The number of anilines is 2. The number of nitrogen functional groups attached to an aromatic ring is 1. The third kappa shape index (κ3) is 5.44. The maximum atomic E-state index is 9.30. The third-order valence-electron chi connectivity index (χ3n) is 6.44. The summed E-state index contributed by atoms with van der Waals surface area (Å²) >= 11 is 6.42. The summed E-state index contributed by atoms with van der Waals surface area (Å²) < 4.78 is 12.8. The molecule has 0 amide bonds. The van der Waals surface area contributed by atoms with Gasteiger partial charge in [-0.1, -0.05) is 32.4 Å². The summed E-state index contributed by atoms with van der Waals surface area (Å²) in [5, 5.41) is 21.9. The first-order chi connectivity index (χ1) is 15.8. The Morgan fingerprint density at radius 3 is 2.38 bits per heavy atom. The van der Waals surface area contributed by atoms with Gasteiger partial charge in [0.25, 0.3) is 0 Å². The summed E-state index contributed by atoms with van der Waals surface area (Å²) in [6, 6.07) is 12.5. The van der Waals surface area contributed by atoms with Crippen LogP contribution in [0.25, 0.3) is 11.5 Å². The summed E-state index contributed by atoms with van der Waals surface area (Å²) in [4.78, 5) is 0. The van der Waals surface area contributed by atoms with Crippen molar-refractivity contribution in [2.75, 3.05) is 11.1 Å². The molecule has 0 aliphatic heterocycles. The van der Waals surface area contributed by atoms with Gasteiger partial charge in [0.1, 0.15) is 12.1 Å². The van der Waals surface area contributed by atoms with Crippen LogP contribution >= 0.6 is 11.6 Å². The summed E-state index contributed by atoms with van der Waals surface area (Å²) in [7, 11) is -2.10. The number of halogens is 1. The van der Waals surface area contributed by atoms with Gasteiger partial charge in [-0.15, -0.1) is 10.2 Å². The van der Waals surface area contributed by atoms with E-state index in [4.69, 9.17) is 26.2 Å². The minimum Gasteiger partial charge on any atom is -0.418 e. The summed E-state index contributed by atoms with van der Waals surface area (Å²) in [5.41, 5.74) is 9.21. The molecule has 1 heterocycles. The zero-order chi connectivity index (χ0) is 25.3. The average molecular weight is 498 g/mol. The molecule has 180 valence electrons. The predicted octanol–water partition coefficient (Wildman–Crippen LogP) is 6.72. The highest BCUT2D eigenvalue weighted by Crippen LogP contribution is 2.40. The van der Waals surface area contributed by atoms with Crippen molar-refractivity contribution in [2.24, 2.45) is 0 Å². The highest BCUT2D eigenvalue weighted by atomic mass is 35.5. The van der Waals surface area contributed by atoms with E-state index >= 15 is 0 Å². The van der Waals surface area contributed by atoms with Crippen LogP contribution in [-0.2, 0) is 4.43 Å². The molecule has 0 spiro atoms. The van der Waals surface area contributed by atoms with E-state index in [-0.39, 0.29) is 11.1 Å². The molecular weight excluding hydrogens is 466 g/mol. The second-order valence-corrected chi connectivity index (χ2v) is 15.1. The number of benzene rings is 2. The van der Waals surface area contributed by atoms with Crippen LogP contribution in [0, 0.1) is 18.3 Å². The van der Waals surface area contributed by atoms with Crippen LogP contribution in [-0.4, -0.2) is 24.6 Å². The first-order valence-corrected chi connectivity index (χ1v) is 14.5. The van der Waals surface area contributed by atoms with Crippen molar-refractivity contribution in [3.05, 3.63) is 58.4 Å². The Balaban J connectivity index is 2.00. The number of nitrogens with one attached hydrogen (secondary N) is 1. The molecule has 34 heavy (non-hydrogen) atoms. The smallest absolute Gasteiger partial charge is 0.247 e. The standard InChI is InChI=1S/C25H32ClN5O2Si/c1-15-20(13-10-18(14-27)21(15)26)29-22(16(2)33-34(6,7)25(3,4)5)24-31-30-23(32-24)17-8-11-19(28)12-9-17/h8-13,16,22,29H,28H2,1-7H3/t16-,22-/m1/s1. The largest absolute Gasteiger partial charge is 0.418 e. The van der Waals surface area contributed by atoms with E-state index in [0.29, 0.717) is 28.1 Å². The molecule has 0 fully saturated rings. The molecular formula is C25H32ClN5O2Si. The summed E-state index contributed by atoms with van der Waals surface area (Å²) in [5.74, 6) is 0.800. The monoisotopic (exact) mass is 497 g/mol. The number of hydrogen-bond donors (Lipinski definition) is 2. The van der Waals surface area contributed by atoms with Gasteiger partial charge in [0.2, 0.25) is 11.8 Å². The first kappa shape index (κ1) is 25.8. The number of aromatic nitrogens is 2. The van der Waals surface area contributed by atoms with Gasteiger partial charge in [-0.2, -0.15) is 5.26 Å². The zero-order valence-corrected chi connectivity index (χ0v) is 22.5. The molecule has 0 aliphatic rings. The van der Waals surface area contributed by atoms with Gasteiger partial charge in [0, 0.05) is 16.9 Å². The second-order valence-electron chi connectivity index (χ2n) is 9.98. The lowest BCUT2D eigenvalue weighted by Gasteiger charge is -2.40. The third-order valence-corrected chi connectivity index (χ3v) is 11.5. The van der Waals surface area contributed by atoms with Crippen molar-refractivity contribution in [2.45, 2.75) is 64.9 Å². The van der Waals surface area contributed by atoms with E-state index in [2.05, 4.69) is 55.4 Å². The van der Waals surface area contributed by atoms with Crippen molar-refractivity contribution < 1.29 is 8.84 Å². The maximum absolute atomic E-state index is 9.30. The fraction of sp³-hybridized carbons (Fsp3) is 0.400. The van der Waals surface area contributed by atoms with Gasteiger partial charge in [0.05, 0.1) is 16.7 Å². The minimum atomic E-state index is -2.10. The molecule has 0 bridgehead atoms. The van der Waals surface area contributed by atoms with Crippen molar-refractivity contribution in [3.8, 4) is 17.5 Å². The second kappa shape index (κ2) is 9.78. The molecule has 9 heteroatoms. The van der Waals surface area contributed by atoms with Gasteiger partial charge in [-0.05, 0) is 73.9 Å². The van der Waals surface area contributed by atoms with Gasteiger partial charge in [0.15, 0.2) is 8.32 Å². The van der Waals surface area contributed by atoms with Crippen LogP contribution in [0.4, 0.5) is 11.4 Å². The van der Waals surface area contributed by atoms with Crippen molar-refractivity contribution in [3.63, 3.8) is 0 Å². The van der Waals surface area contributed by atoms with Gasteiger partial charge < -0.3 is 19.9 Å². The molecule has 3 rings (SSSR count). The number of nitrogens with zero attached hydrogens (tertiary/aromatic N) is 3. The molecule has 0 aliphatic carbocycles. The Labute approximate surface area is 207 Å². The zero-order valence-electron chi connectivity index (χ0n) is 20.7. The molecule has 2 aromatic carbocycles. The van der Waals surface area contributed by atoms with E-state index in [1.54, 1.807) is 18.2 Å². The number of nitrogens with two attached hydrogens (primary N) is 1. The lowest BCUT2D eigenvalue weighted by Crippen LogP contribution is -2.45. The molecule has 0 unspecified atom stereocenters. The summed E-state index contributed by atoms with van der Waals surface area (Å²) in [6.45, 7) is 14.9. The first-order valence-electron chi connectivity index (χ1n) is 11.2. The Bertz CT molecular complexity index is 1200. The lowest BCUT2D eigenvalue weighted by atomic mass is 10.1. The highest BCUT2D eigenvalue weighted by molar-refractivity contribution is 6.74. The van der Waals surface area contributed by atoms with Crippen LogP contribution < -0.4 is 11.1 Å². The van der Waals surface area contributed by atoms with Crippen molar-refractivity contribution in [1.29, 1.82) is 5.26 Å². The Morgan fingerprint density at radius 1 is 1.15 bits per heavy atom. The SMILES string of the molecule is Cc1c(N[C@@H](c2nnc(-c3ccc(N)cc3)o2)[C@@H](C)O[Si](C)(C)C(C)(C)C)ccc(C#N)c1Cl. The van der Waals surface area contributed by atoms with E-state index in [9.17, 15) is 5.26 Å². The lowest BCUT2D eigenvalue weighted by molar-refractivity contribution is 0.166. The molecule has 0 saturated carbocycles. The average Bonchev–Trinajstić information content (AvgIpc) is 3.24. The molecule has 0 radical (unpaired) electrons. The van der Waals surface area contributed by atoms with E-state index in [0.717, 1.165) is 16.8 Å². The maximum Gasteiger partial charge on any atom is 0.247 e. The van der Waals surface area contributed by atoms with Gasteiger partial charge in [-0.3, -0.25) is 0 Å². The van der Waals surface area contributed by atoms with Crippen LogP contribution in [0.3, 0.4) is 0 Å². The molecule has 3 aromatic rings. The predicted molar refractivity (Wildman–Crippen MR) is 139 cm³/mol. The fourth-order valence-electron chi connectivity index (χ4n) is 3.29. The topological polar surface area (TPSA) is 110 Å². The normalized spacial score (nSPS) is 13.9. The molecule has 3 N–H and O–H groups in total. The van der Waals surface area contributed by atoms with Crippen LogP contribution in [0.2, 0.25) is 23.2 Å². The number of nitriles is 1. The van der Waals surface area contributed by atoms with E-state index in [1.165, 1.54) is 0 Å². The van der Waals surface area contributed by atoms with Crippen LogP contribution in [0.5, 0.6) is 0 Å². The van der Waals surface area contributed by atoms with E-state index < -0.39 is 14.4 Å². The van der Waals surface area contributed by atoms with Crippen molar-refractivity contribution >= 4 is 31.3 Å². The molecule has 2 atom stereocenters. The molecule has 1 aromatic heterocycles. The van der Waals surface area contributed by atoms with Crippen LogP contribution in [0.15, 0.2) is 40.8 Å². The fourth-order valence-corrected chi connectivity index (χ4v) is 4.91. The number of rotatable bonds is 7. The van der Waals surface area contributed by atoms with Crippen molar-refractivity contribution in [1.82, 2.24) is 10.2 Å². The van der Waals surface area contributed by atoms with Gasteiger partial charge in [-0.25, -0.2) is 0 Å². The Kier molecular flexibility index (Phi) is 7.41. The number of hydrogen-bond acceptors (Lipinski definition) is 7. The molecule has 0 saturated heterocycles. The van der Waals surface area contributed by atoms with Gasteiger partial charge >= 0.3 is 0 Å². The molecule has 7 nitrogen and oxygen atoms in total. The minimum absolute atomic E-state index is 0.0312. The van der Waals surface area contributed by atoms with E-state index in [1.807, 2.05) is 32.0 Å². The highest BCUT2D eigenvalue weighted by Gasteiger charge is 2.41. The van der Waals surface area contributed by atoms with Crippen LogP contribution in [0.1, 0.15) is 50.8 Å². The summed E-state index contributed by atoms with van der Waals surface area (Å²) in [6.07, 6.45) is -0.283. The Hall–Kier alpha value is -2.86.